The number of halogens is 1. The van der Waals surface area contributed by atoms with Crippen molar-refractivity contribution in [1.82, 2.24) is 14.0 Å². The summed E-state index contributed by atoms with van der Waals surface area (Å²) in [7, 11) is -2.12. The van der Waals surface area contributed by atoms with Crippen molar-refractivity contribution in [2.75, 3.05) is 0 Å². The molecule has 0 spiro atoms. The van der Waals surface area contributed by atoms with Crippen molar-refractivity contribution in [1.29, 1.82) is 0 Å². The first-order chi connectivity index (χ1) is 6.41. The largest absolute Gasteiger partial charge is 0.320 e. The molecule has 6 nitrogen and oxygen atoms in total. The van der Waals surface area contributed by atoms with E-state index in [1.807, 2.05) is 0 Å². The van der Waals surface area contributed by atoms with Crippen LogP contribution >= 0.6 is 11.6 Å². The molecule has 0 aliphatic carbocycles. The van der Waals surface area contributed by atoms with Crippen LogP contribution in [0.4, 0.5) is 0 Å². The predicted molar refractivity (Wildman–Crippen MR) is 50.5 cm³/mol. The Morgan fingerprint density at radius 1 is 1.50 bits per heavy atom. The fraction of sp³-hybridized carbons (Fsp3) is 0.167. The molecule has 0 aliphatic heterocycles. The molecular weight excluding hydrogens is 228 g/mol. The Bertz CT molecular complexity index is 597. The Morgan fingerprint density at radius 2 is 2.14 bits per heavy atom. The number of sulfonamides is 1. The van der Waals surface area contributed by atoms with E-state index in [0.717, 1.165) is 0 Å². The summed E-state index contributed by atoms with van der Waals surface area (Å²) in [5.41, 5.74) is 0. The maximum atomic E-state index is 11.2. The fourth-order valence-corrected chi connectivity index (χ4v) is 2.44. The van der Waals surface area contributed by atoms with Crippen LogP contribution in [0.25, 0.3) is 5.78 Å². The van der Waals surface area contributed by atoms with E-state index in [2.05, 4.69) is 4.98 Å². The average Bonchev–Trinajstić information content (AvgIpc) is 2.49. The maximum absolute atomic E-state index is 11.2. The highest BCUT2D eigenvalue weighted by Gasteiger charge is 2.21. The van der Waals surface area contributed by atoms with E-state index in [1.54, 1.807) is 17.8 Å². The average molecular weight is 235 g/mol. The lowest BCUT2D eigenvalue weighted by molar-refractivity contribution is 0.593. The van der Waals surface area contributed by atoms with Gasteiger partial charge in [0, 0.05) is 19.4 Å². The zero-order chi connectivity index (χ0) is 10.5. The number of fused-ring (bicyclic) bond motifs is 1. The van der Waals surface area contributed by atoms with Gasteiger partial charge >= 0.3 is 0 Å². The summed E-state index contributed by atoms with van der Waals surface area (Å²) in [6, 6.07) is 0. The molecule has 2 rings (SSSR count). The number of nitrogens with zero attached hydrogens (tertiary/aromatic N) is 3. The maximum Gasteiger partial charge on any atom is 0.257 e. The van der Waals surface area contributed by atoms with Crippen LogP contribution in [0.15, 0.2) is 17.4 Å². The highest BCUT2D eigenvalue weighted by atomic mass is 35.5. The van der Waals surface area contributed by atoms with Gasteiger partial charge in [-0.1, -0.05) is 11.6 Å². The second-order valence-corrected chi connectivity index (χ2v) is 4.67. The minimum Gasteiger partial charge on any atom is -0.320 e. The molecule has 14 heavy (non-hydrogen) atoms. The molecule has 0 atom stereocenters. The number of hydrogen-bond donors (Lipinski definition) is 1. The standard InChI is InChI=1S/C6H7ClN4O2S/c1-10-2-3-11-5(14(8,12)13)4(7)9-6(10)11/h2-3H,1H3,(H2,8,12,13). The molecule has 2 heterocycles. The van der Waals surface area contributed by atoms with E-state index in [0.29, 0.717) is 5.78 Å². The van der Waals surface area contributed by atoms with E-state index in [4.69, 9.17) is 16.7 Å². The summed E-state index contributed by atoms with van der Waals surface area (Å²) in [5, 5.41) is 4.70. The van der Waals surface area contributed by atoms with Crippen molar-refractivity contribution in [2.45, 2.75) is 5.03 Å². The van der Waals surface area contributed by atoms with E-state index in [1.165, 1.54) is 10.6 Å². The van der Waals surface area contributed by atoms with Crippen LogP contribution in [-0.2, 0) is 17.1 Å². The van der Waals surface area contributed by atoms with Crippen LogP contribution in [0, 0.1) is 0 Å². The zero-order valence-corrected chi connectivity index (χ0v) is 8.75. The number of rotatable bonds is 1. The number of nitrogens with two attached hydrogens (primary N) is 1. The van der Waals surface area contributed by atoms with Gasteiger partial charge in [-0.15, -0.1) is 0 Å². The van der Waals surface area contributed by atoms with Gasteiger partial charge in [0.2, 0.25) is 5.78 Å². The molecule has 0 aliphatic rings. The Morgan fingerprint density at radius 3 is 2.71 bits per heavy atom. The third-order valence-corrected chi connectivity index (χ3v) is 3.14. The molecule has 0 saturated carbocycles. The Labute approximate surface area is 85.0 Å². The predicted octanol–water partition coefficient (Wildman–Crippen LogP) is -0.0264. The zero-order valence-electron chi connectivity index (χ0n) is 7.18. The van der Waals surface area contributed by atoms with Crippen molar-refractivity contribution in [3.05, 3.63) is 17.5 Å². The Balaban J connectivity index is 2.95. The second-order valence-electron chi connectivity index (χ2n) is 2.83. The van der Waals surface area contributed by atoms with Crippen molar-refractivity contribution in [3.8, 4) is 0 Å². The molecule has 76 valence electrons. The minimum atomic E-state index is -3.85. The molecule has 0 saturated heterocycles. The monoisotopic (exact) mass is 234 g/mol. The summed E-state index contributed by atoms with van der Waals surface area (Å²) in [5.74, 6) is 0.430. The Hall–Kier alpha value is -1.05. The SMILES string of the molecule is Cn1ccn2c(S(N)(=O)=O)c(Cl)nc12. The third kappa shape index (κ3) is 1.21. The molecule has 0 aromatic carbocycles. The summed E-state index contributed by atoms with van der Waals surface area (Å²) in [6.45, 7) is 0. The number of primary sulfonamides is 1. The lowest BCUT2D eigenvalue weighted by atomic mass is 10.8. The first-order valence-corrected chi connectivity index (χ1v) is 5.55. The van der Waals surface area contributed by atoms with Crippen molar-refractivity contribution in [2.24, 2.45) is 12.2 Å². The van der Waals surface area contributed by atoms with Gasteiger partial charge in [-0.3, -0.25) is 4.40 Å². The minimum absolute atomic E-state index is 0.112. The smallest absolute Gasteiger partial charge is 0.257 e. The molecule has 0 radical (unpaired) electrons. The van der Waals surface area contributed by atoms with Gasteiger partial charge < -0.3 is 4.57 Å². The number of aromatic nitrogens is 3. The summed E-state index contributed by atoms with van der Waals surface area (Å²) >= 11 is 5.66. The lowest BCUT2D eigenvalue weighted by Gasteiger charge is -1.94. The van der Waals surface area contributed by atoms with Crippen LogP contribution < -0.4 is 5.14 Å². The lowest BCUT2D eigenvalue weighted by Crippen LogP contribution is -2.14. The molecule has 2 aromatic heterocycles. The van der Waals surface area contributed by atoms with Gasteiger partial charge in [0.05, 0.1) is 0 Å². The van der Waals surface area contributed by atoms with E-state index >= 15 is 0 Å². The first-order valence-electron chi connectivity index (χ1n) is 3.63. The van der Waals surface area contributed by atoms with Gasteiger partial charge in [0.15, 0.2) is 10.2 Å². The Kier molecular flexibility index (Phi) is 1.85. The molecule has 0 bridgehead atoms. The number of imidazole rings is 2. The van der Waals surface area contributed by atoms with Crippen LogP contribution in [-0.4, -0.2) is 22.4 Å². The molecule has 2 aromatic rings. The van der Waals surface area contributed by atoms with Gasteiger partial charge in [-0.2, -0.15) is 4.98 Å². The van der Waals surface area contributed by atoms with Gasteiger partial charge in [0.25, 0.3) is 10.0 Å². The summed E-state index contributed by atoms with van der Waals surface area (Å²) in [6.07, 6.45) is 3.20. The van der Waals surface area contributed by atoms with Crippen LogP contribution in [0.1, 0.15) is 0 Å². The van der Waals surface area contributed by atoms with Crippen LogP contribution in [0.2, 0.25) is 5.15 Å². The highest BCUT2D eigenvalue weighted by molar-refractivity contribution is 7.89. The normalized spacial score (nSPS) is 12.5. The van der Waals surface area contributed by atoms with Crippen molar-refractivity contribution in [3.63, 3.8) is 0 Å². The number of aryl methyl sites for hydroxylation is 1. The number of hydrogen-bond acceptors (Lipinski definition) is 3. The quantitative estimate of drug-likeness (QED) is 0.753. The molecule has 8 heteroatoms. The van der Waals surface area contributed by atoms with E-state index < -0.39 is 10.0 Å². The van der Waals surface area contributed by atoms with Gasteiger partial charge in [-0.25, -0.2) is 13.6 Å². The van der Waals surface area contributed by atoms with Crippen molar-refractivity contribution >= 4 is 27.4 Å². The van der Waals surface area contributed by atoms with Gasteiger partial charge in [0.1, 0.15) is 0 Å². The van der Waals surface area contributed by atoms with Crippen LogP contribution in [0.3, 0.4) is 0 Å². The van der Waals surface area contributed by atoms with Gasteiger partial charge in [-0.05, 0) is 0 Å². The highest BCUT2D eigenvalue weighted by Crippen LogP contribution is 2.21. The van der Waals surface area contributed by atoms with Crippen LogP contribution in [0.5, 0.6) is 0 Å². The molecular formula is C6H7ClN4O2S. The molecule has 0 unspecified atom stereocenters. The van der Waals surface area contributed by atoms with E-state index in [9.17, 15) is 8.42 Å². The third-order valence-electron chi connectivity index (χ3n) is 1.83. The molecule has 0 fully saturated rings. The van der Waals surface area contributed by atoms with E-state index in [-0.39, 0.29) is 10.2 Å². The fourth-order valence-electron chi connectivity index (χ4n) is 1.25. The van der Waals surface area contributed by atoms with Crippen molar-refractivity contribution < 1.29 is 8.42 Å². The first kappa shape index (κ1) is 9.50. The molecule has 0 amide bonds. The molecule has 2 N–H and O–H groups in total. The summed E-state index contributed by atoms with van der Waals surface area (Å²) < 4.78 is 25.3. The summed E-state index contributed by atoms with van der Waals surface area (Å²) in [4.78, 5) is 3.87. The topological polar surface area (TPSA) is 82.4 Å². The second kappa shape index (κ2) is 2.72.